The lowest BCUT2D eigenvalue weighted by Gasteiger charge is -2.35. The van der Waals surface area contributed by atoms with Crippen molar-refractivity contribution in [1.29, 1.82) is 0 Å². The third-order valence-corrected chi connectivity index (χ3v) is 4.64. The summed E-state index contributed by atoms with van der Waals surface area (Å²) in [6.45, 7) is 7.63. The van der Waals surface area contributed by atoms with Crippen molar-refractivity contribution in [2.24, 2.45) is 5.92 Å². The maximum Gasteiger partial charge on any atom is 0.303 e. The number of aliphatic hydroxyl groups is 1. The van der Waals surface area contributed by atoms with Crippen LogP contribution in [0.2, 0.25) is 0 Å². The monoisotopic (exact) mass is 356 g/mol. The summed E-state index contributed by atoms with van der Waals surface area (Å²) in [5.74, 6) is -0.372. The van der Waals surface area contributed by atoms with E-state index in [0.29, 0.717) is 13.0 Å². The van der Waals surface area contributed by atoms with Crippen LogP contribution in [0.25, 0.3) is 0 Å². The fourth-order valence-electron chi connectivity index (χ4n) is 2.99. The molecule has 1 unspecified atom stereocenters. The van der Waals surface area contributed by atoms with Crippen LogP contribution in [0.5, 0.6) is 0 Å². The van der Waals surface area contributed by atoms with Crippen LogP contribution in [0.15, 0.2) is 11.6 Å². The Morgan fingerprint density at radius 2 is 2.12 bits per heavy atom. The highest BCUT2D eigenvalue weighted by atomic mass is 16.6. The largest absolute Gasteiger partial charge is 0.462 e. The zero-order valence-corrected chi connectivity index (χ0v) is 15.9. The van der Waals surface area contributed by atoms with Crippen LogP contribution in [0, 0.1) is 5.92 Å². The van der Waals surface area contributed by atoms with E-state index in [1.54, 1.807) is 0 Å². The molecule has 1 N–H and O–H groups in total. The third kappa shape index (κ3) is 8.01. The van der Waals surface area contributed by atoms with Gasteiger partial charge in [0.15, 0.2) is 0 Å². The average molecular weight is 356 g/mol. The van der Waals surface area contributed by atoms with E-state index in [2.05, 4.69) is 0 Å². The molecular weight excluding hydrogens is 324 g/mol. The predicted molar refractivity (Wildman–Crippen MR) is 94.0 cm³/mol. The van der Waals surface area contributed by atoms with E-state index in [1.165, 1.54) is 13.8 Å². The Hall–Kier alpha value is -1.40. The summed E-state index contributed by atoms with van der Waals surface area (Å²) in [4.78, 5) is 22.4. The summed E-state index contributed by atoms with van der Waals surface area (Å²) in [6, 6.07) is 0. The van der Waals surface area contributed by atoms with Gasteiger partial charge in [0.05, 0.1) is 6.61 Å². The molecule has 0 aliphatic carbocycles. The predicted octanol–water partition coefficient (Wildman–Crippen LogP) is 2.78. The van der Waals surface area contributed by atoms with E-state index < -0.39 is 5.60 Å². The number of hydrogen-bond acceptors (Lipinski definition) is 6. The SMILES string of the molecule is CC(=O)OC/C=C1\CC[C@@H](OC(C)=O)[C@](C)(CCCC(C)CO)OC1. The van der Waals surface area contributed by atoms with Gasteiger partial charge in [0.25, 0.3) is 0 Å². The molecule has 0 bridgehead atoms. The lowest BCUT2D eigenvalue weighted by atomic mass is 9.88. The summed E-state index contributed by atoms with van der Waals surface area (Å²) in [6.07, 6.45) is 5.52. The zero-order valence-electron chi connectivity index (χ0n) is 15.9. The molecule has 6 heteroatoms. The van der Waals surface area contributed by atoms with Crippen molar-refractivity contribution in [2.75, 3.05) is 19.8 Å². The summed E-state index contributed by atoms with van der Waals surface area (Å²) < 4.78 is 16.6. The van der Waals surface area contributed by atoms with Gasteiger partial charge in [0, 0.05) is 20.5 Å². The van der Waals surface area contributed by atoms with Gasteiger partial charge in [-0.25, -0.2) is 0 Å². The summed E-state index contributed by atoms with van der Waals surface area (Å²) >= 11 is 0. The number of carbonyl (C=O) groups excluding carboxylic acids is 2. The van der Waals surface area contributed by atoms with Crippen molar-refractivity contribution in [1.82, 2.24) is 0 Å². The van der Waals surface area contributed by atoms with Crippen molar-refractivity contribution in [2.45, 2.75) is 71.5 Å². The molecule has 0 aromatic rings. The molecule has 0 aromatic carbocycles. The Kier molecular flexibility index (Phi) is 9.14. The number of rotatable bonds is 8. The maximum absolute atomic E-state index is 11.5. The molecule has 0 saturated carbocycles. The second kappa shape index (κ2) is 10.6. The van der Waals surface area contributed by atoms with Gasteiger partial charge in [-0.1, -0.05) is 13.3 Å². The minimum absolute atomic E-state index is 0.175. The van der Waals surface area contributed by atoms with Gasteiger partial charge in [0.1, 0.15) is 18.3 Å². The van der Waals surface area contributed by atoms with Crippen molar-refractivity contribution in [3.05, 3.63) is 11.6 Å². The first-order chi connectivity index (χ1) is 11.8. The molecular formula is C19H32O6. The molecule has 1 fully saturated rings. The van der Waals surface area contributed by atoms with Crippen LogP contribution >= 0.6 is 0 Å². The quantitative estimate of drug-likeness (QED) is 0.532. The maximum atomic E-state index is 11.5. The Balaban J connectivity index is 2.73. The first-order valence-corrected chi connectivity index (χ1v) is 9.00. The number of aliphatic hydroxyl groups excluding tert-OH is 1. The smallest absolute Gasteiger partial charge is 0.303 e. The van der Waals surface area contributed by atoms with E-state index in [0.717, 1.165) is 31.3 Å². The lowest BCUT2D eigenvalue weighted by Crippen LogP contribution is -2.43. The van der Waals surface area contributed by atoms with E-state index in [1.807, 2.05) is 19.9 Å². The molecule has 1 rings (SSSR count). The Labute approximate surface area is 150 Å². The first-order valence-electron chi connectivity index (χ1n) is 9.00. The second-order valence-electron chi connectivity index (χ2n) is 7.08. The number of esters is 2. The van der Waals surface area contributed by atoms with Gasteiger partial charge in [-0.05, 0) is 50.2 Å². The minimum Gasteiger partial charge on any atom is -0.462 e. The standard InChI is InChI=1S/C19H32O6/c1-14(12-20)6-5-10-19(4)18(25-16(3)22)8-7-17(13-24-19)9-11-23-15(2)21/h9,14,18,20H,5-8,10-13H2,1-4H3/b17-9+/t14?,18-,19+/m1/s1. The molecule has 0 radical (unpaired) electrons. The number of hydrogen-bond donors (Lipinski definition) is 1. The molecule has 0 amide bonds. The van der Waals surface area contributed by atoms with E-state index in [-0.39, 0.29) is 37.2 Å². The molecule has 0 spiro atoms. The molecule has 1 aliphatic heterocycles. The molecule has 1 heterocycles. The number of carbonyl (C=O) groups is 2. The van der Waals surface area contributed by atoms with Crippen LogP contribution in [0.3, 0.4) is 0 Å². The van der Waals surface area contributed by atoms with Crippen molar-refractivity contribution in [3.63, 3.8) is 0 Å². The van der Waals surface area contributed by atoms with E-state index >= 15 is 0 Å². The molecule has 144 valence electrons. The van der Waals surface area contributed by atoms with Gasteiger partial charge in [-0.2, -0.15) is 0 Å². The topological polar surface area (TPSA) is 82.1 Å². The van der Waals surface area contributed by atoms with E-state index in [9.17, 15) is 9.59 Å². The fraction of sp³-hybridized carbons (Fsp3) is 0.789. The lowest BCUT2D eigenvalue weighted by molar-refractivity contribution is -0.167. The van der Waals surface area contributed by atoms with Crippen LogP contribution in [0.4, 0.5) is 0 Å². The highest BCUT2D eigenvalue weighted by Gasteiger charge is 2.39. The molecule has 1 aliphatic rings. The van der Waals surface area contributed by atoms with Gasteiger partial charge in [0.2, 0.25) is 0 Å². The van der Waals surface area contributed by atoms with Crippen molar-refractivity contribution >= 4 is 11.9 Å². The minimum atomic E-state index is -0.558. The highest BCUT2D eigenvalue weighted by molar-refractivity contribution is 5.66. The Bertz CT molecular complexity index is 473. The van der Waals surface area contributed by atoms with Crippen LogP contribution in [-0.4, -0.2) is 48.6 Å². The molecule has 1 saturated heterocycles. The van der Waals surface area contributed by atoms with Crippen molar-refractivity contribution < 1.29 is 28.9 Å². The molecule has 3 atom stereocenters. The Morgan fingerprint density at radius 3 is 2.72 bits per heavy atom. The van der Waals surface area contributed by atoms with Gasteiger partial charge >= 0.3 is 11.9 Å². The summed E-state index contributed by atoms with van der Waals surface area (Å²) in [5, 5.41) is 9.16. The van der Waals surface area contributed by atoms with Crippen molar-refractivity contribution in [3.8, 4) is 0 Å². The Morgan fingerprint density at radius 1 is 1.40 bits per heavy atom. The normalized spacial score (nSPS) is 26.8. The fourth-order valence-corrected chi connectivity index (χ4v) is 2.99. The zero-order chi connectivity index (χ0) is 18.9. The summed E-state index contributed by atoms with van der Waals surface area (Å²) in [7, 11) is 0. The third-order valence-electron chi connectivity index (χ3n) is 4.64. The number of ether oxygens (including phenoxy) is 3. The van der Waals surface area contributed by atoms with Crippen LogP contribution in [-0.2, 0) is 23.8 Å². The van der Waals surface area contributed by atoms with Crippen LogP contribution < -0.4 is 0 Å². The summed E-state index contributed by atoms with van der Waals surface area (Å²) in [5.41, 5.74) is 0.489. The van der Waals surface area contributed by atoms with Gasteiger partial charge < -0.3 is 19.3 Å². The molecule has 6 nitrogen and oxygen atoms in total. The second-order valence-corrected chi connectivity index (χ2v) is 7.08. The molecule has 25 heavy (non-hydrogen) atoms. The van der Waals surface area contributed by atoms with Crippen LogP contribution in [0.1, 0.15) is 59.8 Å². The highest BCUT2D eigenvalue weighted by Crippen LogP contribution is 2.33. The first kappa shape index (κ1) is 21.6. The van der Waals surface area contributed by atoms with E-state index in [4.69, 9.17) is 19.3 Å². The van der Waals surface area contributed by atoms with Gasteiger partial charge in [-0.3, -0.25) is 9.59 Å². The molecule has 0 aromatic heterocycles. The van der Waals surface area contributed by atoms with Gasteiger partial charge in [-0.15, -0.1) is 0 Å². The average Bonchev–Trinajstić information content (AvgIpc) is 2.68.